The van der Waals surface area contributed by atoms with Crippen molar-refractivity contribution in [2.75, 3.05) is 0 Å². The van der Waals surface area contributed by atoms with Gasteiger partial charge in [-0.1, -0.05) is 24.6 Å². The van der Waals surface area contributed by atoms with Crippen LogP contribution in [0.5, 0.6) is 5.75 Å². The fourth-order valence-corrected chi connectivity index (χ4v) is 2.75. The van der Waals surface area contributed by atoms with E-state index >= 15 is 0 Å². The van der Waals surface area contributed by atoms with Gasteiger partial charge in [0.2, 0.25) is 0 Å². The van der Waals surface area contributed by atoms with E-state index in [1.165, 1.54) is 5.56 Å². The summed E-state index contributed by atoms with van der Waals surface area (Å²) in [5, 5.41) is 10.7. The van der Waals surface area contributed by atoms with E-state index in [0.29, 0.717) is 10.6 Å². The molecule has 0 aliphatic carbocycles. The van der Waals surface area contributed by atoms with Crippen molar-refractivity contribution in [3.63, 3.8) is 0 Å². The van der Waals surface area contributed by atoms with Crippen LogP contribution in [0.1, 0.15) is 18.9 Å². The number of imidazole rings is 1. The normalized spacial score (nSPS) is 11.2. The number of phenols is 1. The summed E-state index contributed by atoms with van der Waals surface area (Å²) in [6.45, 7) is 5.03. The molecule has 3 aromatic rings. The summed E-state index contributed by atoms with van der Waals surface area (Å²) < 4.78 is 2.14. The highest BCUT2D eigenvalue weighted by Crippen LogP contribution is 2.33. The molecule has 0 saturated carbocycles. The molecule has 0 unspecified atom stereocenters. The number of fused-ring (bicyclic) bond motifs is 1. The highest BCUT2D eigenvalue weighted by molar-refractivity contribution is 6.30. The molecular formula is C17H17ClN2O. The number of benzene rings is 2. The molecule has 21 heavy (non-hydrogen) atoms. The molecule has 0 radical (unpaired) electrons. The standard InChI is InChI=1S/C17H17ClN2O/c1-3-8-20-15-6-4-11(2)9-14(15)19-17(20)13-10-12(18)5-7-16(13)21/h4-7,9-10,21H,3,8H2,1-2H3. The van der Waals surface area contributed by atoms with Gasteiger partial charge >= 0.3 is 0 Å². The third-order valence-corrected chi connectivity index (χ3v) is 3.79. The number of halogens is 1. The topological polar surface area (TPSA) is 38.0 Å². The number of rotatable bonds is 3. The molecule has 1 aromatic heterocycles. The summed E-state index contributed by atoms with van der Waals surface area (Å²) in [5.41, 5.74) is 3.87. The summed E-state index contributed by atoms with van der Waals surface area (Å²) in [6, 6.07) is 11.3. The van der Waals surface area contributed by atoms with Crippen molar-refractivity contribution in [3.05, 3.63) is 47.0 Å². The van der Waals surface area contributed by atoms with Gasteiger partial charge in [-0.15, -0.1) is 0 Å². The van der Waals surface area contributed by atoms with E-state index in [-0.39, 0.29) is 5.75 Å². The Morgan fingerprint density at radius 3 is 2.76 bits per heavy atom. The molecule has 0 amide bonds. The van der Waals surface area contributed by atoms with Gasteiger partial charge in [-0.2, -0.15) is 0 Å². The number of nitrogens with zero attached hydrogens (tertiary/aromatic N) is 2. The van der Waals surface area contributed by atoms with Gasteiger partial charge in [0.25, 0.3) is 0 Å². The number of aromatic hydroxyl groups is 1. The number of aromatic nitrogens is 2. The van der Waals surface area contributed by atoms with Gasteiger partial charge in [0.05, 0.1) is 16.6 Å². The smallest absolute Gasteiger partial charge is 0.144 e. The second kappa shape index (κ2) is 5.41. The molecule has 108 valence electrons. The highest BCUT2D eigenvalue weighted by atomic mass is 35.5. The first-order chi connectivity index (χ1) is 10.1. The Morgan fingerprint density at radius 1 is 1.19 bits per heavy atom. The number of aryl methyl sites for hydroxylation is 2. The van der Waals surface area contributed by atoms with Crippen molar-refractivity contribution < 1.29 is 5.11 Å². The zero-order chi connectivity index (χ0) is 15.0. The molecule has 0 fully saturated rings. The van der Waals surface area contributed by atoms with Gasteiger partial charge in [-0.25, -0.2) is 4.98 Å². The fraction of sp³-hybridized carbons (Fsp3) is 0.235. The predicted molar refractivity (Wildman–Crippen MR) is 86.9 cm³/mol. The predicted octanol–water partition coefficient (Wildman–Crippen LogP) is 4.78. The van der Waals surface area contributed by atoms with Gasteiger partial charge in [0, 0.05) is 11.6 Å². The largest absolute Gasteiger partial charge is 0.507 e. The van der Waals surface area contributed by atoms with Crippen LogP contribution in [-0.2, 0) is 6.54 Å². The van der Waals surface area contributed by atoms with Gasteiger partial charge in [-0.3, -0.25) is 0 Å². The first-order valence-corrected chi connectivity index (χ1v) is 7.43. The molecule has 4 heteroatoms. The lowest BCUT2D eigenvalue weighted by Crippen LogP contribution is -1.99. The van der Waals surface area contributed by atoms with E-state index < -0.39 is 0 Å². The summed E-state index contributed by atoms with van der Waals surface area (Å²) >= 11 is 6.07. The first kappa shape index (κ1) is 14.0. The maximum atomic E-state index is 10.1. The molecule has 0 aliphatic rings. The molecule has 0 saturated heterocycles. The molecule has 3 nitrogen and oxygen atoms in total. The monoisotopic (exact) mass is 300 g/mol. The zero-order valence-corrected chi connectivity index (χ0v) is 12.9. The summed E-state index contributed by atoms with van der Waals surface area (Å²) in [6.07, 6.45) is 0.994. The van der Waals surface area contributed by atoms with Crippen molar-refractivity contribution in [1.29, 1.82) is 0 Å². The van der Waals surface area contributed by atoms with Gasteiger partial charge in [0.15, 0.2) is 0 Å². The summed E-state index contributed by atoms with van der Waals surface area (Å²) in [5.74, 6) is 0.959. The lowest BCUT2D eigenvalue weighted by molar-refractivity contribution is 0.476. The molecule has 3 rings (SSSR count). The fourth-order valence-electron chi connectivity index (χ4n) is 2.58. The average Bonchev–Trinajstić information content (AvgIpc) is 2.80. The number of phenolic OH excluding ortho intramolecular Hbond substituents is 1. The van der Waals surface area contributed by atoms with E-state index in [1.807, 2.05) is 0 Å². The molecule has 0 atom stereocenters. The maximum absolute atomic E-state index is 10.1. The van der Waals surface area contributed by atoms with Gasteiger partial charge in [0.1, 0.15) is 11.6 Å². The van der Waals surface area contributed by atoms with Crippen molar-refractivity contribution in [2.45, 2.75) is 26.8 Å². The quantitative estimate of drug-likeness (QED) is 0.756. The van der Waals surface area contributed by atoms with Crippen LogP contribution in [0.3, 0.4) is 0 Å². The SMILES string of the molecule is CCCn1c(-c2cc(Cl)ccc2O)nc2cc(C)ccc21. The lowest BCUT2D eigenvalue weighted by atomic mass is 10.2. The molecule has 0 spiro atoms. The van der Waals surface area contributed by atoms with Crippen LogP contribution < -0.4 is 0 Å². The van der Waals surface area contributed by atoms with E-state index in [9.17, 15) is 5.11 Å². The maximum Gasteiger partial charge on any atom is 0.144 e. The lowest BCUT2D eigenvalue weighted by Gasteiger charge is -2.09. The van der Waals surface area contributed by atoms with Gasteiger partial charge < -0.3 is 9.67 Å². The van der Waals surface area contributed by atoms with Crippen LogP contribution in [0.25, 0.3) is 22.4 Å². The average molecular weight is 301 g/mol. The van der Waals surface area contributed by atoms with Crippen LogP contribution in [-0.4, -0.2) is 14.7 Å². The third-order valence-electron chi connectivity index (χ3n) is 3.55. The highest BCUT2D eigenvalue weighted by Gasteiger charge is 2.15. The van der Waals surface area contributed by atoms with E-state index in [1.54, 1.807) is 18.2 Å². The Labute approximate surface area is 128 Å². The van der Waals surface area contributed by atoms with Crippen LogP contribution in [0.4, 0.5) is 0 Å². The minimum Gasteiger partial charge on any atom is -0.507 e. The molecule has 2 aromatic carbocycles. The molecule has 0 bridgehead atoms. The Bertz CT molecular complexity index is 808. The Hall–Kier alpha value is -2.00. The minimum absolute atomic E-state index is 0.198. The van der Waals surface area contributed by atoms with E-state index in [0.717, 1.165) is 29.8 Å². The second-order valence-electron chi connectivity index (χ2n) is 5.24. The van der Waals surface area contributed by atoms with Crippen LogP contribution in [0, 0.1) is 6.92 Å². The third kappa shape index (κ3) is 2.49. The van der Waals surface area contributed by atoms with Gasteiger partial charge in [-0.05, 0) is 49.2 Å². The first-order valence-electron chi connectivity index (χ1n) is 7.06. The van der Waals surface area contributed by atoms with Crippen LogP contribution in [0.15, 0.2) is 36.4 Å². The Balaban J connectivity index is 2.30. The molecular weight excluding hydrogens is 284 g/mol. The van der Waals surface area contributed by atoms with E-state index in [4.69, 9.17) is 16.6 Å². The second-order valence-corrected chi connectivity index (χ2v) is 5.68. The van der Waals surface area contributed by atoms with Crippen molar-refractivity contribution in [1.82, 2.24) is 9.55 Å². The van der Waals surface area contributed by atoms with E-state index in [2.05, 4.69) is 36.6 Å². The molecule has 0 aliphatic heterocycles. The van der Waals surface area contributed by atoms with Crippen molar-refractivity contribution in [2.24, 2.45) is 0 Å². The van der Waals surface area contributed by atoms with Crippen LogP contribution in [0.2, 0.25) is 5.02 Å². The van der Waals surface area contributed by atoms with Crippen LogP contribution >= 0.6 is 11.6 Å². The molecule has 1 heterocycles. The number of hydrogen-bond acceptors (Lipinski definition) is 2. The number of hydrogen-bond donors (Lipinski definition) is 1. The Morgan fingerprint density at radius 2 is 2.00 bits per heavy atom. The molecule has 1 N–H and O–H groups in total. The summed E-state index contributed by atoms with van der Waals surface area (Å²) in [7, 11) is 0. The zero-order valence-electron chi connectivity index (χ0n) is 12.1. The minimum atomic E-state index is 0.198. The summed E-state index contributed by atoms with van der Waals surface area (Å²) in [4.78, 5) is 4.71. The van der Waals surface area contributed by atoms with Crippen molar-refractivity contribution >= 4 is 22.6 Å². The Kier molecular flexibility index (Phi) is 3.60. The van der Waals surface area contributed by atoms with Crippen molar-refractivity contribution in [3.8, 4) is 17.1 Å².